The molecule has 0 aliphatic carbocycles. The minimum Gasteiger partial charge on any atom is -0.330 e. The summed E-state index contributed by atoms with van der Waals surface area (Å²) in [7, 11) is 0. The zero-order valence-electron chi connectivity index (χ0n) is 11.5. The van der Waals surface area contributed by atoms with Crippen LogP contribution < -0.4 is 11.1 Å². The van der Waals surface area contributed by atoms with Gasteiger partial charge in [-0.2, -0.15) is 0 Å². The Balaban J connectivity index is 2.31. The van der Waals surface area contributed by atoms with E-state index in [1.54, 1.807) is 0 Å². The lowest BCUT2D eigenvalue weighted by atomic mass is 10.1. The Morgan fingerprint density at radius 1 is 1.17 bits per heavy atom. The second-order valence-electron chi connectivity index (χ2n) is 4.82. The van der Waals surface area contributed by atoms with E-state index in [4.69, 9.17) is 5.73 Å². The van der Waals surface area contributed by atoms with Crippen LogP contribution in [-0.4, -0.2) is 12.5 Å². The van der Waals surface area contributed by atoms with Gasteiger partial charge in [-0.1, -0.05) is 30.5 Å². The number of unbranched alkanes of at least 4 members (excludes halogenated alkanes) is 3. The number of hydrogen-bond donors (Lipinski definition) is 2. The second kappa shape index (κ2) is 7.88. The number of anilines is 1. The predicted octanol–water partition coefficient (Wildman–Crippen LogP) is 3.15. The summed E-state index contributed by atoms with van der Waals surface area (Å²) in [6.07, 6.45) is 4.79. The summed E-state index contributed by atoms with van der Waals surface area (Å²) in [4.78, 5) is 11.7. The standard InChI is InChI=1S/C15H24N2O/c1-12-8-9-14(13(2)11-12)17-15(18)7-5-3-4-6-10-16/h8-9,11H,3-7,10,16H2,1-2H3,(H,17,18). The van der Waals surface area contributed by atoms with E-state index in [-0.39, 0.29) is 5.91 Å². The Hall–Kier alpha value is -1.35. The molecule has 3 N–H and O–H groups in total. The van der Waals surface area contributed by atoms with Crippen molar-refractivity contribution in [3.8, 4) is 0 Å². The molecule has 1 rings (SSSR count). The number of nitrogens with one attached hydrogen (secondary N) is 1. The van der Waals surface area contributed by atoms with E-state index in [0.717, 1.165) is 43.5 Å². The fourth-order valence-electron chi connectivity index (χ4n) is 1.95. The van der Waals surface area contributed by atoms with Crippen LogP contribution in [0.1, 0.15) is 43.2 Å². The lowest BCUT2D eigenvalue weighted by molar-refractivity contribution is -0.116. The van der Waals surface area contributed by atoms with Gasteiger partial charge in [-0.05, 0) is 44.9 Å². The van der Waals surface area contributed by atoms with E-state index in [2.05, 4.69) is 18.3 Å². The molecule has 0 aliphatic rings. The molecule has 0 radical (unpaired) electrons. The summed E-state index contributed by atoms with van der Waals surface area (Å²) < 4.78 is 0. The van der Waals surface area contributed by atoms with Gasteiger partial charge in [0.2, 0.25) is 5.91 Å². The van der Waals surface area contributed by atoms with E-state index in [0.29, 0.717) is 6.42 Å². The number of rotatable bonds is 7. The van der Waals surface area contributed by atoms with Crippen LogP contribution >= 0.6 is 0 Å². The Labute approximate surface area is 110 Å². The molecule has 0 atom stereocenters. The van der Waals surface area contributed by atoms with Crippen LogP contribution in [0.3, 0.4) is 0 Å². The van der Waals surface area contributed by atoms with Gasteiger partial charge in [-0.25, -0.2) is 0 Å². The molecule has 0 aromatic heterocycles. The molecule has 3 nitrogen and oxygen atoms in total. The largest absolute Gasteiger partial charge is 0.330 e. The molecule has 0 unspecified atom stereocenters. The average molecular weight is 248 g/mol. The minimum absolute atomic E-state index is 0.106. The van der Waals surface area contributed by atoms with E-state index >= 15 is 0 Å². The first kappa shape index (κ1) is 14.7. The Kier molecular flexibility index (Phi) is 6.44. The molecule has 1 amide bonds. The van der Waals surface area contributed by atoms with Crippen molar-refractivity contribution in [3.63, 3.8) is 0 Å². The quantitative estimate of drug-likeness (QED) is 0.728. The van der Waals surface area contributed by atoms with E-state index in [1.807, 2.05) is 19.1 Å². The van der Waals surface area contributed by atoms with Crippen molar-refractivity contribution in [2.45, 2.75) is 46.0 Å². The highest BCUT2D eigenvalue weighted by atomic mass is 16.1. The number of benzene rings is 1. The third-order valence-electron chi connectivity index (χ3n) is 3.01. The summed E-state index contributed by atoms with van der Waals surface area (Å²) in [6, 6.07) is 6.07. The number of carbonyl (C=O) groups is 1. The zero-order valence-corrected chi connectivity index (χ0v) is 11.5. The third-order valence-corrected chi connectivity index (χ3v) is 3.01. The van der Waals surface area contributed by atoms with Gasteiger partial charge in [0.25, 0.3) is 0 Å². The van der Waals surface area contributed by atoms with Crippen LogP contribution in [0, 0.1) is 13.8 Å². The number of amides is 1. The van der Waals surface area contributed by atoms with Crippen molar-refractivity contribution < 1.29 is 4.79 Å². The van der Waals surface area contributed by atoms with Crippen LogP contribution in [0.4, 0.5) is 5.69 Å². The van der Waals surface area contributed by atoms with Gasteiger partial charge in [-0.3, -0.25) is 4.79 Å². The summed E-state index contributed by atoms with van der Waals surface area (Å²) >= 11 is 0. The zero-order chi connectivity index (χ0) is 13.4. The van der Waals surface area contributed by atoms with E-state index in [1.165, 1.54) is 5.56 Å². The fourth-order valence-corrected chi connectivity index (χ4v) is 1.95. The minimum atomic E-state index is 0.106. The summed E-state index contributed by atoms with van der Waals surface area (Å²) in [6.45, 7) is 4.81. The molecule has 0 heterocycles. The monoisotopic (exact) mass is 248 g/mol. The van der Waals surface area contributed by atoms with Gasteiger partial charge in [-0.15, -0.1) is 0 Å². The predicted molar refractivity (Wildman–Crippen MR) is 76.7 cm³/mol. The summed E-state index contributed by atoms with van der Waals surface area (Å²) in [5.74, 6) is 0.106. The van der Waals surface area contributed by atoms with Crippen molar-refractivity contribution in [3.05, 3.63) is 29.3 Å². The first-order valence-corrected chi connectivity index (χ1v) is 6.70. The molecule has 3 heteroatoms. The van der Waals surface area contributed by atoms with Crippen LogP contribution in [0.2, 0.25) is 0 Å². The molecule has 0 fully saturated rings. The molecule has 0 bridgehead atoms. The second-order valence-corrected chi connectivity index (χ2v) is 4.82. The van der Waals surface area contributed by atoms with Crippen LogP contribution in [0.5, 0.6) is 0 Å². The van der Waals surface area contributed by atoms with Crippen LogP contribution in [0.25, 0.3) is 0 Å². The average Bonchev–Trinajstić information content (AvgIpc) is 2.32. The normalized spacial score (nSPS) is 10.4. The highest BCUT2D eigenvalue weighted by Gasteiger charge is 2.04. The first-order chi connectivity index (χ1) is 8.63. The Morgan fingerprint density at radius 3 is 2.56 bits per heavy atom. The molecule has 0 saturated heterocycles. The SMILES string of the molecule is Cc1ccc(NC(=O)CCCCCCN)c(C)c1. The summed E-state index contributed by atoms with van der Waals surface area (Å²) in [5.41, 5.74) is 8.68. The third kappa shape index (κ3) is 5.32. The van der Waals surface area contributed by atoms with Crippen LogP contribution in [-0.2, 0) is 4.79 Å². The Bertz CT molecular complexity index is 388. The molecule has 18 heavy (non-hydrogen) atoms. The van der Waals surface area contributed by atoms with Gasteiger partial charge < -0.3 is 11.1 Å². The maximum atomic E-state index is 11.7. The van der Waals surface area contributed by atoms with Crippen molar-refractivity contribution in [1.82, 2.24) is 0 Å². The van der Waals surface area contributed by atoms with E-state index in [9.17, 15) is 4.79 Å². The van der Waals surface area contributed by atoms with Crippen molar-refractivity contribution in [1.29, 1.82) is 0 Å². The van der Waals surface area contributed by atoms with Gasteiger partial charge in [0.1, 0.15) is 0 Å². The number of aryl methyl sites for hydroxylation is 2. The van der Waals surface area contributed by atoms with E-state index < -0.39 is 0 Å². The topological polar surface area (TPSA) is 55.1 Å². The van der Waals surface area contributed by atoms with Gasteiger partial charge in [0.15, 0.2) is 0 Å². The molecule has 0 saturated carbocycles. The van der Waals surface area contributed by atoms with Crippen molar-refractivity contribution >= 4 is 11.6 Å². The molecular formula is C15H24N2O. The highest BCUT2D eigenvalue weighted by molar-refractivity contribution is 5.91. The smallest absolute Gasteiger partial charge is 0.224 e. The van der Waals surface area contributed by atoms with Gasteiger partial charge in [0.05, 0.1) is 0 Å². The maximum Gasteiger partial charge on any atom is 0.224 e. The molecule has 1 aromatic carbocycles. The fraction of sp³-hybridized carbons (Fsp3) is 0.533. The van der Waals surface area contributed by atoms with Crippen molar-refractivity contribution in [2.75, 3.05) is 11.9 Å². The molecule has 100 valence electrons. The lowest BCUT2D eigenvalue weighted by Gasteiger charge is -2.09. The first-order valence-electron chi connectivity index (χ1n) is 6.70. The molecule has 1 aromatic rings. The Morgan fingerprint density at radius 2 is 1.89 bits per heavy atom. The van der Waals surface area contributed by atoms with Crippen molar-refractivity contribution in [2.24, 2.45) is 5.73 Å². The highest BCUT2D eigenvalue weighted by Crippen LogP contribution is 2.16. The van der Waals surface area contributed by atoms with Crippen LogP contribution in [0.15, 0.2) is 18.2 Å². The van der Waals surface area contributed by atoms with Gasteiger partial charge >= 0.3 is 0 Å². The molecular weight excluding hydrogens is 224 g/mol. The number of carbonyl (C=O) groups excluding carboxylic acids is 1. The lowest BCUT2D eigenvalue weighted by Crippen LogP contribution is -2.12. The number of nitrogens with two attached hydrogens (primary N) is 1. The maximum absolute atomic E-state index is 11.7. The molecule has 0 spiro atoms. The summed E-state index contributed by atoms with van der Waals surface area (Å²) in [5, 5.41) is 2.96. The molecule has 0 aliphatic heterocycles. The number of hydrogen-bond acceptors (Lipinski definition) is 2. The van der Waals surface area contributed by atoms with Gasteiger partial charge in [0, 0.05) is 12.1 Å².